The van der Waals surface area contributed by atoms with Crippen molar-refractivity contribution in [2.75, 3.05) is 0 Å². The second-order valence-electron chi connectivity index (χ2n) is 0.969. The Labute approximate surface area is 66.6 Å². The van der Waals surface area contributed by atoms with Gasteiger partial charge >= 0.3 is 0 Å². The summed E-state index contributed by atoms with van der Waals surface area (Å²) in [7, 11) is 0. The Morgan fingerprint density at radius 2 is 1.11 bits per heavy atom. The molecule has 0 nitrogen and oxygen atoms in total. The van der Waals surface area contributed by atoms with Gasteiger partial charge < -0.3 is 0 Å². The fraction of sp³-hybridized carbons (Fsp3) is 1.00. The summed E-state index contributed by atoms with van der Waals surface area (Å²) in [5, 5.41) is 0. The van der Waals surface area contributed by atoms with Crippen molar-refractivity contribution in [3.8, 4) is 0 Å². The molecule has 62 valence electrons. The van der Waals surface area contributed by atoms with Gasteiger partial charge in [0.2, 0.25) is 0 Å². The van der Waals surface area contributed by atoms with Crippen molar-refractivity contribution in [1.82, 2.24) is 0 Å². The van der Waals surface area contributed by atoms with Crippen LogP contribution in [0.25, 0.3) is 0 Å². The van der Waals surface area contributed by atoms with Crippen LogP contribution >= 0.6 is 34.8 Å². The predicted molar refractivity (Wildman–Crippen MR) is 38.1 cm³/mol. The Kier molecular flexibility index (Phi) is 21.8. The highest BCUT2D eigenvalue weighted by Gasteiger charge is 2.14. The van der Waals surface area contributed by atoms with Gasteiger partial charge in [-0.2, -0.15) is 0 Å². The summed E-state index contributed by atoms with van der Waals surface area (Å²) in [6.07, 6.45) is 0.567. The molecule has 0 aliphatic carbocycles. The fourth-order valence-corrected chi connectivity index (χ4v) is 0. The maximum atomic E-state index is 5.25. The summed E-state index contributed by atoms with van der Waals surface area (Å²) in [6.45, 7) is 1.81. The van der Waals surface area contributed by atoms with Crippen molar-refractivity contribution in [2.24, 2.45) is 0 Å². The monoisotopic (exact) mass is 206 g/mol. The van der Waals surface area contributed by atoms with E-state index in [1.807, 2.05) is 6.92 Å². The summed E-state index contributed by atoms with van der Waals surface area (Å²) in [5.74, 6) is 0. The first kappa shape index (κ1) is 22.6. The van der Waals surface area contributed by atoms with Crippen LogP contribution in [0, 0.1) is 0 Å². The van der Waals surface area contributed by atoms with Gasteiger partial charge in [0.05, 0.1) is 0 Å². The van der Waals surface area contributed by atoms with Gasteiger partial charge in [-0.1, -0.05) is 41.7 Å². The number of halogens is 6. The maximum Gasteiger partial charge on any atom is 0.190 e. The van der Waals surface area contributed by atoms with E-state index in [1.165, 1.54) is 0 Å². The van der Waals surface area contributed by atoms with Crippen LogP contribution in [-0.2, 0) is 0 Å². The zero-order valence-corrected chi connectivity index (χ0v) is 6.83. The minimum atomic E-state index is -1.04. The normalized spacial score (nSPS) is 8.00. The topological polar surface area (TPSA) is 0 Å². The van der Waals surface area contributed by atoms with Crippen molar-refractivity contribution < 1.29 is 14.1 Å². The maximum absolute atomic E-state index is 5.25. The van der Waals surface area contributed by atoms with Crippen LogP contribution in [-0.4, -0.2) is 3.79 Å². The van der Waals surface area contributed by atoms with Crippen molar-refractivity contribution >= 4 is 34.8 Å². The molecule has 0 rings (SSSR count). The van der Waals surface area contributed by atoms with Crippen LogP contribution in [0.4, 0.5) is 14.1 Å². The third-order valence-corrected chi connectivity index (χ3v) is 1.20. The van der Waals surface area contributed by atoms with Crippen LogP contribution in [0.1, 0.15) is 13.3 Å². The Bertz CT molecular complexity index is 44.1. The summed E-state index contributed by atoms with van der Waals surface area (Å²) in [5.41, 5.74) is 0. The van der Waals surface area contributed by atoms with Gasteiger partial charge in [-0.15, -0.1) is 0 Å². The molecule has 6 heteroatoms. The van der Waals surface area contributed by atoms with E-state index >= 15 is 0 Å². The molecule has 0 aliphatic heterocycles. The molecule has 0 aromatic rings. The van der Waals surface area contributed by atoms with E-state index in [-0.39, 0.29) is 14.1 Å². The van der Waals surface area contributed by atoms with Crippen molar-refractivity contribution in [2.45, 2.75) is 17.1 Å². The van der Waals surface area contributed by atoms with Gasteiger partial charge in [0.25, 0.3) is 0 Å². The van der Waals surface area contributed by atoms with Gasteiger partial charge in [0.1, 0.15) is 0 Å². The molecule has 0 saturated carbocycles. The summed E-state index contributed by atoms with van der Waals surface area (Å²) >= 11 is 15.7. The van der Waals surface area contributed by atoms with E-state index in [9.17, 15) is 0 Å². The van der Waals surface area contributed by atoms with Crippen LogP contribution in [0.15, 0.2) is 0 Å². The lowest BCUT2D eigenvalue weighted by molar-refractivity contribution is 0.974. The van der Waals surface area contributed by atoms with Crippen LogP contribution in [0.3, 0.4) is 0 Å². The van der Waals surface area contributed by atoms with Crippen molar-refractivity contribution in [1.29, 1.82) is 0 Å². The van der Waals surface area contributed by atoms with Gasteiger partial charge in [-0.05, 0) is 6.42 Å². The van der Waals surface area contributed by atoms with Crippen LogP contribution in [0.2, 0.25) is 0 Å². The Hall–Kier alpha value is 0.660. The molecule has 0 amide bonds. The number of alkyl halides is 3. The molecule has 0 unspecified atom stereocenters. The van der Waals surface area contributed by atoms with E-state index in [4.69, 9.17) is 34.8 Å². The quantitative estimate of drug-likeness (QED) is 0.535. The summed E-state index contributed by atoms with van der Waals surface area (Å²) in [4.78, 5) is 0. The molecule has 0 bridgehead atoms. The minimum absolute atomic E-state index is 0. The molecular weight excluding hydrogens is 199 g/mol. The highest BCUT2D eigenvalue weighted by atomic mass is 35.6. The molecule has 0 heterocycles. The molecule has 9 heavy (non-hydrogen) atoms. The molecule has 0 aromatic carbocycles. The van der Waals surface area contributed by atoms with Crippen molar-refractivity contribution in [3.63, 3.8) is 0 Å². The molecule has 0 N–H and O–H groups in total. The smallest absolute Gasteiger partial charge is 0.190 e. The Morgan fingerprint density at radius 1 is 1.00 bits per heavy atom. The minimum Gasteiger partial charge on any atom is -0.269 e. The van der Waals surface area contributed by atoms with Gasteiger partial charge in [-0.3, -0.25) is 14.1 Å². The van der Waals surface area contributed by atoms with E-state index in [0.29, 0.717) is 6.42 Å². The third kappa shape index (κ3) is 28.7. The highest BCUT2D eigenvalue weighted by molar-refractivity contribution is 6.67. The Morgan fingerprint density at radius 3 is 1.11 bits per heavy atom. The first-order valence-corrected chi connectivity index (χ1v) is 2.76. The molecular formula is C3H8Cl3F3. The number of hydrogen-bond donors (Lipinski definition) is 0. The predicted octanol–water partition coefficient (Wildman–Crippen LogP) is 3.22. The standard InChI is InChI=1S/C3H5Cl3.3FH/c1-2-3(4,5)6;;;/h2H2,1H3;3*1H. The van der Waals surface area contributed by atoms with Gasteiger partial charge in [-0.25, -0.2) is 0 Å². The average Bonchev–Trinajstić information content (AvgIpc) is 1.35. The van der Waals surface area contributed by atoms with Gasteiger partial charge in [0.15, 0.2) is 3.79 Å². The van der Waals surface area contributed by atoms with Gasteiger partial charge in [0, 0.05) is 0 Å². The lowest BCUT2D eigenvalue weighted by atomic mass is 10.6. The van der Waals surface area contributed by atoms with Crippen LogP contribution in [0.5, 0.6) is 0 Å². The van der Waals surface area contributed by atoms with Crippen molar-refractivity contribution in [3.05, 3.63) is 0 Å². The van der Waals surface area contributed by atoms with E-state index in [0.717, 1.165) is 0 Å². The first-order chi connectivity index (χ1) is 2.56. The molecule has 0 aromatic heterocycles. The average molecular weight is 207 g/mol. The zero-order chi connectivity index (χ0) is 5.21. The zero-order valence-electron chi connectivity index (χ0n) is 4.57. The lowest BCUT2D eigenvalue weighted by Gasteiger charge is -2.02. The Balaban J connectivity index is -0.0000000417. The van der Waals surface area contributed by atoms with E-state index < -0.39 is 3.79 Å². The number of rotatable bonds is 0. The number of hydrogen-bond acceptors (Lipinski definition) is 0. The summed E-state index contributed by atoms with van der Waals surface area (Å²) in [6, 6.07) is 0. The van der Waals surface area contributed by atoms with E-state index in [2.05, 4.69) is 0 Å². The highest BCUT2D eigenvalue weighted by Crippen LogP contribution is 2.28. The molecule has 0 aliphatic rings. The third-order valence-electron chi connectivity index (χ3n) is 0.401. The second-order valence-corrected chi connectivity index (χ2v) is 3.48. The molecule has 0 saturated heterocycles. The van der Waals surface area contributed by atoms with Crippen LogP contribution < -0.4 is 0 Å². The van der Waals surface area contributed by atoms with E-state index in [1.54, 1.807) is 0 Å². The molecule has 0 atom stereocenters. The summed E-state index contributed by atoms with van der Waals surface area (Å²) < 4.78 is -1.04. The molecule has 0 spiro atoms. The fourth-order valence-electron chi connectivity index (χ4n) is 0. The SMILES string of the molecule is CCC(Cl)(Cl)Cl.F.F.F. The lowest BCUT2D eigenvalue weighted by Crippen LogP contribution is -1.95. The largest absolute Gasteiger partial charge is 0.269 e. The molecule has 0 fully saturated rings. The second kappa shape index (κ2) is 8.66. The first-order valence-electron chi connectivity index (χ1n) is 1.63. The molecule has 0 radical (unpaired) electrons.